The molecule has 17 heavy (non-hydrogen) atoms. The third-order valence-electron chi connectivity index (χ3n) is 2.38. The lowest BCUT2D eigenvalue weighted by molar-refractivity contribution is -0.121. The number of hydrogen-bond donors (Lipinski definition) is 2. The van der Waals surface area contributed by atoms with Gasteiger partial charge in [0.05, 0.1) is 12.5 Å². The molecule has 0 fully saturated rings. The Morgan fingerprint density at radius 3 is 2.82 bits per heavy atom. The maximum absolute atomic E-state index is 11.7. The minimum Gasteiger partial charge on any atom is -0.349 e. The number of benzene rings is 1. The zero-order valence-electron chi connectivity index (χ0n) is 9.42. The average molecular weight is 231 g/mol. The molecule has 2 rings (SSSR count). The second-order valence-corrected chi connectivity index (χ2v) is 3.70. The molecule has 1 heterocycles. The lowest BCUT2D eigenvalue weighted by atomic mass is 10.1. The standard InChI is InChI=1S/C11H13N5O/c1-8(9-5-3-2-4-6-9)12-11(17)7-10-13-15-16-14-10/h2-6,8H,7H2,1H3,(H,12,17)(H,13,14,15,16). The zero-order valence-corrected chi connectivity index (χ0v) is 9.42. The molecule has 6 nitrogen and oxygen atoms in total. The minimum absolute atomic E-state index is 0.0319. The number of tetrazole rings is 1. The maximum atomic E-state index is 11.7. The highest BCUT2D eigenvalue weighted by Gasteiger charge is 2.11. The molecule has 6 heteroatoms. The van der Waals surface area contributed by atoms with Gasteiger partial charge in [0.15, 0.2) is 5.82 Å². The summed E-state index contributed by atoms with van der Waals surface area (Å²) in [4.78, 5) is 11.7. The van der Waals surface area contributed by atoms with E-state index in [1.165, 1.54) is 0 Å². The van der Waals surface area contributed by atoms with Crippen LogP contribution in [0, 0.1) is 0 Å². The summed E-state index contributed by atoms with van der Waals surface area (Å²) in [7, 11) is 0. The fourth-order valence-electron chi connectivity index (χ4n) is 1.52. The molecule has 0 saturated heterocycles. The summed E-state index contributed by atoms with van der Waals surface area (Å²) < 4.78 is 0. The van der Waals surface area contributed by atoms with Gasteiger partial charge in [-0.25, -0.2) is 0 Å². The van der Waals surface area contributed by atoms with Crippen LogP contribution >= 0.6 is 0 Å². The number of amides is 1. The molecule has 1 unspecified atom stereocenters. The number of nitrogens with zero attached hydrogens (tertiary/aromatic N) is 3. The number of H-pyrrole nitrogens is 1. The third kappa shape index (κ3) is 3.10. The molecule has 88 valence electrons. The number of carbonyl (C=O) groups is 1. The van der Waals surface area contributed by atoms with Crippen molar-refractivity contribution in [1.82, 2.24) is 25.9 Å². The van der Waals surface area contributed by atoms with Crippen LogP contribution < -0.4 is 5.32 Å². The Balaban J connectivity index is 1.91. The normalized spacial score (nSPS) is 12.1. The number of carbonyl (C=O) groups excluding carboxylic acids is 1. The molecule has 0 radical (unpaired) electrons. The van der Waals surface area contributed by atoms with Crippen molar-refractivity contribution in [2.75, 3.05) is 0 Å². The highest BCUT2D eigenvalue weighted by atomic mass is 16.1. The first-order valence-electron chi connectivity index (χ1n) is 5.32. The number of hydrogen-bond acceptors (Lipinski definition) is 4. The first-order chi connectivity index (χ1) is 8.25. The first kappa shape index (κ1) is 11.3. The van der Waals surface area contributed by atoms with Crippen molar-refractivity contribution in [2.24, 2.45) is 0 Å². The molecule has 1 aromatic carbocycles. The van der Waals surface area contributed by atoms with Crippen LogP contribution in [0.4, 0.5) is 0 Å². The highest BCUT2D eigenvalue weighted by Crippen LogP contribution is 2.10. The van der Waals surface area contributed by atoms with Crippen molar-refractivity contribution in [2.45, 2.75) is 19.4 Å². The minimum atomic E-state index is -0.122. The molecule has 0 aliphatic heterocycles. The van der Waals surface area contributed by atoms with E-state index in [2.05, 4.69) is 25.9 Å². The summed E-state index contributed by atoms with van der Waals surface area (Å²) >= 11 is 0. The SMILES string of the molecule is CC(NC(=O)Cc1nn[nH]n1)c1ccccc1. The van der Waals surface area contributed by atoms with Gasteiger partial charge in [0.25, 0.3) is 0 Å². The van der Waals surface area contributed by atoms with Gasteiger partial charge in [-0.3, -0.25) is 4.79 Å². The fourth-order valence-corrected chi connectivity index (χ4v) is 1.52. The Labute approximate surface area is 98.4 Å². The number of aromatic nitrogens is 4. The van der Waals surface area contributed by atoms with Gasteiger partial charge in [0, 0.05) is 0 Å². The van der Waals surface area contributed by atoms with Gasteiger partial charge >= 0.3 is 0 Å². The molecule has 0 saturated carbocycles. The Kier molecular flexibility index (Phi) is 3.44. The van der Waals surface area contributed by atoms with E-state index in [0.717, 1.165) is 5.56 Å². The largest absolute Gasteiger partial charge is 0.349 e. The van der Waals surface area contributed by atoms with Crippen molar-refractivity contribution >= 4 is 5.91 Å². The topological polar surface area (TPSA) is 83.6 Å². The molecule has 0 aliphatic rings. The van der Waals surface area contributed by atoms with E-state index in [9.17, 15) is 4.79 Å². The molecule has 0 spiro atoms. The zero-order chi connectivity index (χ0) is 12.1. The average Bonchev–Trinajstić information content (AvgIpc) is 2.82. The molecule has 1 aromatic heterocycles. The van der Waals surface area contributed by atoms with Crippen LogP contribution in [0.5, 0.6) is 0 Å². The van der Waals surface area contributed by atoms with Crippen LogP contribution in [0.2, 0.25) is 0 Å². The van der Waals surface area contributed by atoms with E-state index < -0.39 is 0 Å². The van der Waals surface area contributed by atoms with Crippen molar-refractivity contribution in [3.05, 3.63) is 41.7 Å². The Hall–Kier alpha value is -2.24. The van der Waals surface area contributed by atoms with Crippen molar-refractivity contribution in [1.29, 1.82) is 0 Å². The Morgan fingerprint density at radius 1 is 1.41 bits per heavy atom. The summed E-state index contributed by atoms with van der Waals surface area (Å²) in [5.41, 5.74) is 1.06. The molecular formula is C11H13N5O. The molecule has 1 amide bonds. The van der Waals surface area contributed by atoms with E-state index in [-0.39, 0.29) is 18.4 Å². The van der Waals surface area contributed by atoms with Gasteiger partial charge in [-0.2, -0.15) is 5.21 Å². The number of nitrogens with one attached hydrogen (secondary N) is 2. The van der Waals surface area contributed by atoms with Gasteiger partial charge < -0.3 is 5.32 Å². The fraction of sp³-hybridized carbons (Fsp3) is 0.273. The monoisotopic (exact) mass is 231 g/mol. The van der Waals surface area contributed by atoms with Gasteiger partial charge in [0.1, 0.15) is 0 Å². The second-order valence-electron chi connectivity index (χ2n) is 3.70. The predicted octanol–water partition coefficient (Wildman–Crippen LogP) is 0.620. The van der Waals surface area contributed by atoms with E-state index in [0.29, 0.717) is 5.82 Å². The Bertz CT molecular complexity index is 468. The van der Waals surface area contributed by atoms with Crippen molar-refractivity contribution in [3.63, 3.8) is 0 Å². The summed E-state index contributed by atoms with van der Waals surface area (Å²) in [5, 5.41) is 16.0. The number of aromatic amines is 1. The molecule has 0 bridgehead atoms. The van der Waals surface area contributed by atoms with Crippen LogP contribution in [0.25, 0.3) is 0 Å². The van der Waals surface area contributed by atoms with E-state index in [1.807, 2.05) is 37.3 Å². The lowest BCUT2D eigenvalue weighted by Gasteiger charge is -2.13. The molecule has 1 atom stereocenters. The lowest BCUT2D eigenvalue weighted by Crippen LogP contribution is -2.28. The van der Waals surface area contributed by atoms with E-state index in [4.69, 9.17) is 0 Å². The van der Waals surface area contributed by atoms with Gasteiger partial charge in [-0.05, 0) is 12.5 Å². The number of rotatable bonds is 4. The van der Waals surface area contributed by atoms with Gasteiger partial charge in [0.2, 0.25) is 5.91 Å². The predicted molar refractivity (Wildman–Crippen MR) is 60.9 cm³/mol. The molecule has 0 aliphatic carbocycles. The van der Waals surface area contributed by atoms with Crippen molar-refractivity contribution < 1.29 is 4.79 Å². The van der Waals surface area contributed by atoms with Crippen LogP contribution in [-0.4, -0.2) is 26.5 Å². The van der Waals surface area contributed by atoms with E-state index >= 15 is 0 Å². The van der Waals surface area contributed by atoms with Gasteiger partial charge in [-0.15, -0.1) is 10.2 Å². The summed E-state index contributed by atoms with van der Waals surface area (Å²) in [6, 6.07) is 9.74. The maximum Gasteiger partial charge on any atom is 0.228 e. The molecule has 2 aromatic rings. The smallest absolute Gasteiger partial charge is 0.228 e. The quantitative estimate of drug-likeness (QED) is 0.808. The summed E-state index contributed by atoms with van der Waals surface area (Å²) in [5.74, 6) is 0.269. The van der Waals surface area contributed by atoms with Crippen molar-refractivity contribution in [3.8, 4) is 0 Å². The van der Waals surface area contributed by atoms with Crippen LogP contribution in [-0.2, 0) is 11.2 Å². The molecule has 2 N–H and O–H groups in total. The Morgan fingerprint density at radius 2 is 2.18 bits per heavy atom. The van der Waals surface area contributed by atoms with Gasteiger partial charge in [-0.1, -0.05) is 35.5 Å². The first-order valence-corrected chi connectivity index (χ1v) is 5.32. The van der Waals surface area contributed by atoms with Crippen LogP contribution in [0.3, 0.4) is 0 Å². The summed E-state index contributed by atoms with van der Waals surface area (Å²) in [6.07, 6.45) is 0.133. The summed E-state index contributed by atoms with van der Waals surface area (Å²) in [6.45, 7) is 1.93. The van der Waals surface area contributed by atoms with E-state index in [1.54, 1.807) is 0 Å². The molecular weight excluding hydrogens is 218 g/mol. The highest BCUT2D eigenvalue weighted by molar-refractivity contribution is 5.78. The van der Waals surface area contributed by atoms with Crippen LogP contribution in [0.1, 0.15) is 24.4 Å². The third-order valence-corrected chi connectivity index (χ3v) is 2.38. The second kappa shape index (κ2) is 5.20. The van der Waals surface area contributed by atoms with Crippen LogP contribution in [0.15, 0.2) is 30.3 Å².